The smallest absolute Gasteiger partial charge is 0.257 e. The van der Waals surface area contributed by atoms with Gasteiger partial charge in [-0.2, -0.15) is 0 Å². The van der Waals surface area contributed by atoms with Crippen LogP contribution in [0.15, 0.2) is 35.7 Å². The van der Waals surface area contributed by atoms with Crippen LogP contribution in [0.4, 0.5) is 8.78 Å². The molecule has 1 aromatic carbocycles. The fraction of sp³-hybridized carbons (Fsp3) is 0.0833. The molecule has 1 N–H and O–H groups in total. The molecule has 0 atom stereocenters. The lowest BCUT2D eigenvalue weighted by atomic mass is 10.2. The summed E-state index contributed by atoms with van der Waals surface area (Å²) in [4.78, 5) is 12.5. The van der Waals surface area contributed by atoms with Gasteiger partial charge in [-0.1, -0.05) is 12.1 Å². The Bertz CT molecular complexity index is 505. The van der Waals surface area contributed by atoms with E-state index < -0.39 is 23.1 Å². The van der Waals surface area contributed by atoms with Gasteiger partial charge in [0.05, 0.1) is 6.54 Å². The number of benzene rings is 1. The van der Waals surface area contributed by atoms with Crippen LogP contribution in [0.5, 0.6) is 0 Å². The summed E-state index contributed by atoms with van der Waals surface area (Å²) in [5, 5.41) is 4.34. The van der Waals surface area contributed by atoms with E-state index in [1.54, 1.807) is 0 Å². The molecule has 2 aromatic rings. The van der Waals surface area contributed by atoms with E-state index in [0.717, 1.165) is 17.0 Å². The minimum Gasteiger partial charge on any atom is -0.347 e. The number of nitrogens with one attached hydrogen (secondary N) is 1. The van der Waals surface area contributed by atoms with Crippen LogP contribution in [0.1, 0.15) is 15.2 Å². The van der Waals surface area contributed by atoms with Crippen molar-refractivity contribution < 1.29 is 13.6 Å². The number of halogens is 2. The molecule has 0 aliphatic heterocycles. The molecule has 0 radical (unpaired) electrons. The summed E-state index contributed by atoms with van der Waals surface area (Å²) in [6.45, 7) is 0.268. The van der Waals surface area contributed by atoms with Crippen molar-refractivity contribution in [3.63, 3.8) is 0 Å². The summed E-state index contributed by atoms with van der Waals surface area (Å²) >= 11 is 1.47. The number of carbonyl (C=O) groups is 1. The van der Waals surface area contributed by atoms with Crippen molar-refractivity contribution in [2.45, 2.75) is 6.54 Å². The lowest BCUT2D eigenvalue weighted by Crippen LogP contribution is -2.24. The summed E-state index contributed by atoms with van der Waals surface area (Å²) in [6.07, 6.45) is 0. The quantitative estimate of drug-likeness (QED) is 0.895. The number of hydrogen-bond acceptors (Lipinski definition) is 2. The lowest BCUT2D eigenvalue weighted by Gasteiger charge is -2.05. The number of thiophene rings is 1. The highest BCUT2D eigenvalue weighted by Crippen LogP contribution is 2.13. The van der Waals surface area contributed by atoms with Gasteiger partial charge in [0.25, 0.3) is 5.91 Å². The van der Waals surface area contributed by atoms with Crippen LogP contribution in [0.3, 0.4) is 0 Å². The topological polar surface area (TPSA) is 29.1 Å². The molecule has 0 saturated carbocycles. The second-order valence-corrected chi connectivity index (χ2v) is 4.39. The monoisotopic (exact) mass is 253 g/mol. The molecule has 17 heavy (non-hydrogen) atoms. The van der Waals surface area contributed by atoms with Crippen molar-refractivity contribution in [3.05, 3.63) is 57.8 Å². The summed E-state index contributed by atoms with van der Waals surface area (Å²) < 4.78 is 26.5. The van der Waals surface area contributed by atoms with Crippen LogP contribution < -0.4 is 5.32 Å². The van der Waals surface area contributed by atoms with E-state index in [9.17, 15) is 13.6 Å². The average Bonchev–Trinajstić information content (AvgIpc) is 2.79. The molecule has 1 aromatic heterocycles. The molecule has 1 heterocycles. The SMILES string of the molecule is O=C(NCc1cccs1)c1c(F)cccc1F. The first kappa shape index (κ1) is 11.7. The van der Waals surface area contributed by atoms with E-state index >= 15 is 0 Å². The van der Waals surface area contributed by atoms with Gasteiger partial charge in [0.15, 0.2) is 0 Å². The maximum Gasteiger partial charge on any atom is 0.257 e. The van der Waals surface area contributed by atoms with Crippen molar-refractivity contribution in [1.82, 2.24) is 5.32 Å². The molecule has 88 valence electrons. The molecular weight excluding hydrogens is 244 g/mol. The Hall–Kier alpha value is -1.75. The summed E-state index contributed by atoms with van der Waals surface area (Å²) in [6, 6.07) is 7.02. The summed E-state index contributed by atoms with van der Waals surface area (Å²) in [5.41, 5.74) is -0.538. The van der Waals surface area contributed by atoms with E-state index in [1.165, 1.54) is 17.4 Å². The molecule has 2 rings (SSSR count). The largest absolute Gasteiger partial charge is 0.347 e. The zero-order valence-electron chi connectivity index (χ0n) is 8.74. The summed E-state index contributed by atoms with van der Waals surface area (Å²) in [5.74, 6) is -2.45. The Kier molecular flexibility index (Phi) is 3.49. The number of carbonyl (C=O) groups excluding carboxylic acids is 1. The maximum absolute atomic E-state index is 13.3. The number of amides is 1. The zero-order valence-corrected chi connectivity index (χ0v) is 9.56. The van der Waals surface area contributed by atoms with Crippen molar-refractivity contribution in [2.75, 3.05) is 0 Å². The van der Waals surface area contributed by atoms with E-state index in [4.69, 9.17) is 0 Å². The molecule has 0 fully saturated rings. The Morgan fingerprint density at radius 1 is 1.18 bits per heavy atom. The first-order chi connectivity index (χ1) is 8.18. The average molecular weight is 253 g/mol. The first-order valence-corrected chi connectivity index (χ1v) is 5.81. The van der Waals surface area contributed by atoms with Gasteiger partial charge in [-0.3, -0.25) is 4.79 Å². The van der Waals surface area contributed by atoms with Crippen LogP contribution >= 0.6 is 11.3 Å². The highest BCUT2D eigenvalue weighted by molar-refractivity contribution is 7.09. The minimum atomic E-state index is -0.853. The second kappa shape index (κ2) is 5.05. The van der Waals surface area contributed by atoms with Gasteiger partial charge in [0, 0.05) is 4.88 Å². The van der Waals surface area contributed by atoms with E-state index in [0.29, 0.717) is 0 Å². The van der Waals surface area contributed by atoms with Gasteiger partial charge < -0.3 is 5.32 Å². The predicted octanol–water partition coefficient (Wildman–Crippen LogP) is 2.96. The predicted molar refractivity (Wildman–Crippen MR) is 61.8 cm³/mol. The molecule has 0 bridgehead atoms. The van der Waals surface area contributed by atoms with Crippen molar-refractivity contribution in [3.8, 4) is 0 Å². The molecule has 1 amide bonds. The molecule has 0 aliphatic carbocycles. The third-order valence-corrected chi connectivity index (χ3v) is 3.07. The Labute approximate surface area is 101 Å². The highest BCUT2D eigenvalue weighted by Gasteiger charge is 2.16. The van der Waals surface area contributed by atoms with Crippen LogP contribution in [0.25, 0.3) is 0 Å². The molecule has 5 heteroatoms. The number of hydrogen-bond donors (Lipinski definition) is 1. The van der Waals surface area contributed by atoms with Gasteiger partial charge in [-0.25, -0.2) is 8.78 Å². The van der Waals surface area contributed by atoms with Gasteiger partial charge in [-0.05, 0) is 23.6 Å². The standard InChI is InChI=1S/C12H9F2NOS/c13-9-4-1-5-10(14)11(9)12(16)15-7-8-3-2-6-17-8/h1-6H,7H2,(H,15,16). The normalized spacial score (nSPS) is 10.2. The minimum absolute atomic E-state index is 0.268. The molecule has 0 spiro atoms. The van der Waals surface area contributed by atoms with Crippen LogP contribution in [0.2, 0.25) is 0 Å². The van der Waals surface area contributed by atoms with Crippen LogP contribution in [-0.4, -0.2) is 5.91 Å². The van der Waals surface area contributed by atoms with Crippen LogP contribution in [0, 0.1) is 11.6 Å². The Balaban J connectivity index is 2.10. The van der Waals surface area contributed by atoms with E-state index in [-0.39, 0.29) is 6.54 Å². The molecule has 0 aliphatic rings. The molecular formula is C12H9F2NOS. The van der Waals surface area contributed by atoms with Gasteiger partial charge in [0.1, 0.15) is 17.2 Å². The highest BCUT2D eigenvalue weighted by atomic mass is 32.1. The number of rotatable bonds is 3. The fourth-order valence-electron chi connectivity index (χ4n) is 1.38. The first-order valence-electron chi connectivity index (χ1n) is 4.93. The fourth-order valence-corrected chi connectivity index (χ4v) is 2.03. The molecule has 0 unspecified atom stereocenters. The van der Waals surface area contributed by atoms with Gasteiger partial charge in [-0.15, -0.1) is 11.3 Å². The lowest BCUT2D eigenvalue weighted by molar-refractivity contribution is 0.0943. The maximum atomic E-state index is 13.3. The Morgan fingerprint density at radius 3 is 2.47 bits per heavy atom. The van der Waals surface area contributed by atoms with Gasteiger partial charge in [0.2, 0.25) is 0 Å². The zero-order chi connectivity index (χ0) is 12.3. The van der Waals surface area contributed by atoms with E-state index in [2.05, 4.69) is 5.32 Å². The molecule has 0 saturated heterocycles. The van der Waals surface area contributed by atoms with Crippen LogP contribution in [-0.2, 0) is 6.54 Å². The third-order valence-electron chi connectivity index (χ3n) is 2.19. The van der Waals surface area contributed by atoms with E-state index in [1.807, 2.05) is 17.5 Å². The third kappa shape index (κ3) is 2.68. The van der Waals surface area contributed by atoms with Crippen molar-refractivity contribution >= 4 is 17.2 Å². The molecule has 2 nitrogen and oxygen atoms in total. The van der Waals surface area contributed by atoms with Crippen molar-refractivity contribution in [1.29, 1.82) is 0 Å². The second-order valence-electron chi connectivity index (χ2n) is 3.36. The Morgan fingerprint density at radius 2 is 1.88 bits per heavy atom. The summed E-state index contributed by atoms with van der Waals surface area (Å²) in [7, 11) is 0. The van der Waals surface area contributed by atoms with Crippen molar-refractivity contribution in [2.24, 2.45) is 0 Å². The van der Waals surface area contributed by atoms with Gasteiger partial charge >= 0.3 is 0 Å².